The average Bonchev–Trinajstić information content (AvgIpc) is 2.43. The molecule has 0 aliphatic carbocycles. The minimum atomic E-state index is -0.278. The molecule has 0 spiro atoms. The second-order valence-corrected chi connectivity index (χ2v) is 4.77. The van der Waals surface area contributed by atoms with Gasteiger partial charge < -0.3 is 15.0 Å². The predicted molar refractivity (Wildman–Crippen MR) is 69.5 cm³/mol. The lowest BCUT2D eigenvalue weighted by atomic mass is 10.1. The first-order valence-electron chi connectivity index (χ1n) is 6.66. The van der Waals surface area contributed by atoms with Gasteiger partial charge in [0.2, 0.25) is 5.91 Å². The van der Waals surface area contributed by atoms with Crippen LogP contribution < -0.4 is 10.2 Å². The number of carbonyl (C=O) groups excluding carboxylic acids is 1. The number of nitrogens with one attached hydrogen (secondary N) is 2. The van der Waals surface area contributed by atoms with Gasteiger partial charge in [-0.25, -0.2) is 4.39 Å². The van der Waals surface area contributed by atoms with Crippen molar-refractivity contribution in [3.63, 3.8) is 0 Å². The van der Waals surface area contributed by atoms with Crippen LogP contribution in [-0.2, 0) is 16.0 Å². The molecule has 104 valence electrons. The molecule has 0 aromatic heterocycles. The van der Waals surface area contributed by atoms with Gasteiger partial charge in [0.25, 0.3) is 0 Å². The third kappa shape index (κ3) is 4.96. The molecule has 0 saturated carbocycles. The van der Waals surface area contributed by atoms with Gasteiger partial charge in [-0.05, 0) is 17.7 Å². The molecule has 1 aliphatic heterocycles. The Hall–Kier alpha value is -1.46. The molecule has 0 unspecified atom stereocenters. The van der Waals surface area contributed by atoms with Crippen LogP contribution in [0.2, 0.25) is 0 Å². The first kappa shape index (κ1) is 14.0. The van der Waals surface area contributed by atoms with Crippen molar-refractivity contribution in [1.82, 2.24) is 5.32 Å². The molecule has 1 fully saturated rings. The van der Waals surface area contributed by atoms with Crippen LogP contribution in [0.15, 0.2) is 24.3 Å². The summed E-state index contributed by atoms with van der Waals surface area (Å²) >= 11 is 0. The van der Waals surface area contributed by atoms with Crippen LogP contribution in [0.4, 0.5) is 4.39 Å². The topological polar surface area (TPSA) is 42.8 Å². The van der Waals surface area contributed by atoms with E-state index in [1.54, 1.807) is 12.1 Å². The molecule has 0 radical (unpaired) electrons. The zero-order chi connectivity index (χ0) is 13.5. The summed E-state index contributed by atoms with van der Waals surface area (Å²) in [6, 6.07) is 6.03. The monoisotopic (exact) mass is 267 g/mol. The number of quaternary nitrogens is 1. The Morgan fingerprint density at radius 3 is 2.63 bits per heavy atom. The Bertz CT molecular complexity index is 402. The highest BCUT2D eigenvalue weighted by atomic mass is 19.1. The minimum absolute atomic E-state index is 0.0146. The standard InChI is InChI=1S/C14H19FN2O2/c15-13-3-1-12(2-4-13)11-14(18)16-5-6-17-7-9-19-10-8-17/h1-4H,5-11H2,(H,16,18)/p+1. The Morgan fingerprint density at radius 2 is 1.95 bits per heavy atom. The second-order valence-electron chi connectivity index (χ2n) is 4.77. The van der Waals surface area contributed by atoms with Gasteiger partial charge in [-0.1, -0.05) is 12.1 Å². The maximum absolute atomic E-state index is 12.7. The second kappa shape index (κ2) is 7.21. The van der Waals surface area contributed by atoms with Crippen LogP contribution in [0.3, 0.4) is 0 Å². The quantitative estimate of drug-likeness (QED) is 0.748. The maximum Gasteiger partial charge on any atom is 0.224 e. The summed E-state index contributed by atoms with van der Waals surface area (Å²) < 4.78 is 18.0. The van der Waals surface area contributed by atoms with Crippen LogP contribution in [-0.4, -0.2) is 45.3 Å². The first-order chi connectivity index (χ1) is 9.24. The number of amides is 1. The number of morpholine rings is 1. The fourth-order valence-electron chi connectivity index (χ4n) is 2.14. The van der Waals surface area contributed by atoms with E-state index in [-0.39, 0.29) is 11.7 Å². The number of hydrogen-bond donors (Lipinski definition) is 2. The van der Waals surface area contributed by atoms with E-state index in [9.17, 15) is 9.18 Å². The lowest BCUT2D eigenvalue weighted by Gasteiger charge is -2.23. The van der Waals surface area contributed by atoms with E-state index in [4.69, 9.17) is 4.74 Å². The Balaban J connectivity index is 1.65. The SMILES string of the molecule is O=C(Cc1ccc(F)cc1)NCC[NH+]1CCOCC1. The number of hydrogen-bond acceptors (Lipinski definition) is 2. The third-order valence-corrected chi connectivity index (χ3v) is 3.28. The molecule has 4 nitrogen and oxygen atoms in total. The fourth-order valence-corrected chi connectivity index (χ4v) is 2.14. The van der Waals surface area contributed by atoms with Gasteiger partial charge in [0.05, 0.1) is 32.7 Å². The van der Waals surface area contributed by atoms with Gasteiger partial charge in [0, 0.05) is 0 Å². The Labute approximate surface area is 112 Å². The third-order valence-electron chi connectivity index (χ3n) is 3.28. The molecular weight excluding hydrogens is 247 g/mol. The lowest BCUT2D eigenvalue weighted by molar-refractivity contribution is -0.906. The number of ether oxygens (including phenoxy) is 1. The van der Waals surface area contributed by atoms with Crippen LogP contribution in [0, 0.1) is 5.82 Å². The van der Waals surface area contributed by atoms with E-state index in [2.05, 4.69) is 5.32 Å². The van der Waals surface area contributed by atoms with E-state index < -0.39 is 0 Å². The first-order valence-corrected chi connectivity index (χ1v) is 6.66. The van der Waals surface area contributed by atoms with Crippen molar-refractivity contribution >= 4 is 5.91 Å². The molecule has 1 aromatic carbocycles. The summed E-state index contributed by atoms with van der Waals surface area (Å²) in [6.45, 7) is 5.23. The molecule has 1 aliphatic rings. The van der Waals surface area contributed by atoms with Crippen molar-refractivity contribution in [2.45, 2.75) is 6.42 Å². The smallest absolute Gasteiger partial charge is 0.224 e. The molecule has 2 rings (SSSR count). The molecule has 2 N–H and O–H groups in total. The molecule has 19 heavy (non-hydrogen) atoms. The van der Waals surface area contributed by atoms with Crippen LogP contribution in [0.25, 0.3) is 0 Å². The van der Waals surface area contributed by atoms with Gasteiger partial charge in [-0.15, -0.1) is 0 Å². The van der Waals surface area contributed by atoms with Crippen LogP contribution in [0.5, 0.6) is 0 Å². The summed E-state index contributed by atoms with van der Waals surface area (Å²) in [5.41, 5.74) is 0.831. The molecule has 1 amide bonds. The highest BCUT2D eigenvalue weighted by Gasteiger charge is 2.13. The molecular formula is C14H20FN2O2+. The van der Waals surface area contributed by atoms with Crippen molar-refractivity contribution < 1.29 is 18.8 Å². The average molecular weight is 267 g/mol. The van der Waals surface area contributed by atoms with Gasteiger partial charge in [-0.3, -0.25) is 4.79 Å². The molecule has 5 heteroatoms. The van der Waals surface area contributed by atoms with Crippen molar-refractivity contribution in [1.29, 1.82) is 0 Å². The van der Waals surface area contributed by atoms with E-state index in [0.29, 0.717) is 13.0 Å². The molecule has 0 bridgehead atoms. The predicted octanol–water partition coefficient (Wildman–Crippen LogP) is -0.600. The van der Waals surface area contributed by atoms with Crippen molar-refractivity contribution in [2.75, 3.05) is 39.4 Å². The Kier molecular flexibility index (Phi) is 5.30. The zero-order valence-electron chi connectivity index (χ0n) is 11.0. The van der Waals surface area contributed by atoms with Gasteiger partial charge in [-0.2, -0.15) is 0 Å². The fraction of sp³-hybridized carbons (Fsp3) is 0.500. The van der Waals surface area contributed by atoms with Crippen molar-refractivity contribution in [3.05, 3.63) is 35.6 Å². The summed E-state index contributed by atoms with van der Waals surface area (Å²) in [6.07, 6.45) is 0.304. The van der Waals surface area contributed by atoms with Crippen LogP contribution >= 0.6 is 0 Å². The normalized spacial score (nSPS) is 16.3. The van der Waals surface area contributed by atoms with Crippen molar-refractivity contribution in [2.24, 2.45) is 0 Å². The molecule has 1 heterocycles. The minimum Gasteiger partial charge on any atom is -0.370 e. The molecule has 0 atom stereocenters. The highest BCUT2D eigenvalue weighted by Crippen LogP contribution is 2.03. The van der Waals surface area contributed by atoms with Gasteiger partial charge in [0.1, 0.15) is 18.9 Å². The highest BCUT2D eigenvalue weighted by molar-refractivity contribution is 5.78. The molecule has 1 saturated heterocycles. The lowest BCUT2D eigenvalue weighted by Crippen LogP contribution is -3.14. The van der Waals surface area contributed by atoms with Gasteiger partial charge >= 0.3 is 0 Å². The van der Waals surface area contributed by atoms with E-state index in [0.717, 1.165) is 38.4 Å². The van der Waals surface area contributed by atoms with Crippen molar-refractivity contribution in [3.8, 4) is 0 Å². The maximum atomic E-state index is 12.7. The largest absolute Gasteiger partial charge is 0.370 e. The molecule has 1 aromatic rings. The van der Waals surface area contributed by atoms with Crippen LogP contribution in [0.1, 0.15) is 5.56 Å². The zero-order valence-corrected chi connectivity index (χ0v) is 11.0. The number of halogens is 1. The number of rotatable bonds is 5. The summed E-state index contributed by atoms with van der Waals surface area (Å²) in [5.74, 6) is -0.292. The van der Waals surface area contributed by atoms with E-state index >= 15 is 0 Å². The number of carbonyl (C=O) groups is 1. The summed E-state index contributed by atoms with van der Waals surface area (Å²) in [5, 5.41) is 2.90. The Morgan fingerprint density at radius 1 is 1.26 bits per heavy atom. The number of benzene rings is 1. The van der Waals surface area contributed by atoms with E-state index in [1.807, 2.05) is 0 Å². The van der Waals surface area contributed by atoms with E-state index in [1.165, 1.54) is 17.0 Å². The summed E-state index contributed by atoms with van der Waals surface area (Å²) in [4.78, 5) is 13.2. The summed E-state index contributed by atoms with van der Waals surface area (Å²) in [7, 11) is 0. The van der Waals surface area contributed by atoms with Gasteiger partial charge in [0.15, 0.2) is 0 Å².